The smallest absolute Gasteiger partial charge is 0.248 e. The zero-order valence-electron chi connectivity index (χ0n) is 16.8. The van der Waals surface area contributed by atoms with Crippen LogP contribution < -0.4 is 10.6 Å². The normalized spacial score (nSPS) is 31.7. The first-order valence-corrected chi connectivity index (χ1v) is 11.6. The molecule has 162 valence electrons. The molecule has 1 aromatic rings. The Hall–Kier alpha value is -1.77. The van der Waals surface area contributed by atoms with Gasteiger partial charge in [0.25, 0.3) is 0 Å². The molecule has 2 unspecified atom stereocenters. The van der Waals surface area contributed by atoms with Crippen LogP contribution in [0, 0.1) is 11.8 Å². The molecule has 3 N–H and O–H groups in total. The summed E-state index contributed by atoms with van der Waals surface area (Å²) in [4.78, 5) is 41.2. The summed E-state index contributed by atoms with van der Waals surface area (Å²) in [5, 5.41) is 15.8. The highest BCUT2D eigenvalue weighted by Crippen LogP contribution is 2.66. The number of benzene rings is 1. The van der Waals surface area contributed by atoms with E-state index in [-0.39, 0.29) is 36.1 Å². The summed E-state index contributed by atoms with van der Waals surface area (Å²) in [6.07, 6.45) is 2.31. The van der Waals surface area contributed by atoms with Crippen molar-refractivity contribution in [3.8, 4) is 0 Å². The third-order valence-corrected chi connectivity index (χ3v) is 8.65. The van der Waals surface area contributed by atoms with Crippen LogP contribution in [0.3, 0.4) is 0 Å². The summed E-state index contributed by atoms with van der Waals surface area (Å²) in [6, 6.07) is 6.20. The highest BCUT2D eigenvalue weighted by Gasteiger charge is 2.73. The Morgan fingerprint density at radius 2 is 2.10 bits per heavy atom. The first kappa shape index (κ1) is 21.5. The van der Waals surface area contributed by atoms with Gasteiger partial charge in [-0.3, -0.25) is 14.4 Å². The maximum absolute atomic E-state index is 13.4. The van der Waals surface area contributed by atoms with Gasteiger partial charge >= 0.3 is 0 Å². The molecule has 5 atom stereocenters. The molecule has 0 aromatic heterocycles. The van der Waals surface area contributed by atoms with Gasteiger partial charge in [0.1, 0.15) is 6.04 Å². The number of hydrogen-bond donors (Lipinski definition) is 3. The summed E-state index contributed by atoms with van der Waals surface area (Å²) in [7, 11) is 0. The number of nitrogens with zero attached hydrogens (tertiary/aromatic N) is 1. The van der Waals surface area contributed by atoms with Crippen molar-refractivity contribution in [2.45, 2.75) is 42.2 Å². The van der Waals surface area contributed by atoms with Crippen molar-refractivity contribution in [1.82, 2.24) is 10.2 Å². The van der Waals surface area contributed by atoms with Crippen LogP contribution in [0.15, 0.2) is 24.3 Å². The van der Waals surface area contributed by atoms with Crippen molar-refractivity contribution >= 4 is 46.8 Å². The van der Waals surface area contributed by atoms with Gasteiger partial charge in [-0.1, -0.05) is 30.7 Å². The number of halogens is 1. The topological polar surface area (TPSA) is 98.7 Å². The molecule has 3 aliphatic rings. The van der Waals surface area contributed by atoms with Crippen LogP contribution >= 0.6 is 23.4 Å². The number of β-amino-alcohol motifs (C(OH)–C–C–N with tert-alkyl or cyclic N) is 1. The lowest BCUT2D eigenvalue weighted by atomic mass is 9.70. The van der Waals surface area contributed by atoms with Crippen LogP contribution in [-0.2, 0) is 14.4 Å². The molecule has 3 heterocycles. The quantitative estimate of drug-likeness (QED) is 0.588. The van der Waals surface area contributed by atoms with E-state index in [1.54, 1.807) is 36.0 Å². The summed E-state index contributed by atoms with van der Waals surface area (Å²) < 4.78 is -0.656. The molecule has 3 amide bonds. The lowest BCUT2D eigenvalue weighted by Crippen LogP contribution is -2.52. The average Bonchev–Trinajstić information content (AvgIpc) is 3.36. The number of anilines is 1. The van der Waals surface area contributed by atoms with Gasteiger partial charge in [-0.2, -0.15) is 0 Å². The highest BCUT2D eigenvalue weighted by atomic mass is 35.5. The standard InChI is InChI=1S/C21H26ClN3O4S/c1-2-9-23-18(27)15-14-7-8-21(30-14)16(15)20(29)25(10-11-26)17(21)19(28)24-13-6-4-3-5-12(13)22/h3-6,14-17,26H,2,7-11H2,1H3,(H,23,27)(H,24,28)/t14-,15+,16+,17?,21?/m1/s1. The monoisotopic (exact) mass is 451 g/mol. The Balaban J connectivity index is 1.66. The predicted molar refractivity (Wildman–Crippen MR) is 116 cm³/mol. The number of aliphatic hydroxyl groups is 1. The number of thioether (sulfide) groups is 1. The van der Waals surface area contributed by atoms with Crippen LogP contribution in [-0.4, -0.2) is 63.5 Å². The van der Waals surface area contributed by atoms with E-state index in [2.05, 4.69) is 10.6 Å². The third kappa shape index (κ3) is 3.29. The molecule has 30 heavy (non-hydrogen) atoms. The molecule has 7 nitrogen and oxygen atoms in total. The Morgan fingerprint density at radius 1 is 1.33 bits per heavy atom. The van der Waals surface area contributed by atoms with Gasteiger partial charge in [0.15, 0.2) is 0 Å². The summed E-state index contributed by atoms with van der Waals surface area (Å²) in [5.74, 6) is -1.64. The fourth-order valence-electron chi connectivity index (χ4n) is 5.23. The van der Waals surface area contributed by atoms with Gasteiger partial charge in [-0.05, 0) is 31.4 Å². The number of carbonyl (C=O) groups is 3. The van der Waals surface area contributed by atoms with E-state index >= 15 is 0 Å². The van der Waals surface area contributed by atoms with Crippen molar-refractivity contribution in [1.29, 1.82) is 0 Å². The lowest BCUT2D eigenvalue weighted by Gasteiger charge is -2.34. The number of fused-ring (bicyclic) bond motifs is 1. The number of hydrogen-bond acceptors (Lipinski definition) is 5. The summed E-state index contributed by atoms with van der Waals surface area (Å²) in [6.45, 7) is 2.37. The van der Waals surface area contributed by atoms with Crippen molar-refractivity contribution < 1.29 is 19.5 Å². The number of para-hydroxylation sites is 1. The van der Waals surface area contributed by atoms with Gasteiger partial charge in [0.2, 0.25) is 17.7 Å². The summed E-state index contributed by atoms with van der Waals surface area (Å²) >= 11 is 7.81. The van der Waals surface area contributed by atoms with E-state index < -0.39 is 22.6 Å². The van der Waals surface area contributed by atoms with E-state index in [1.807, 2.05) is 6.92 Å². The molecule has 0 saturated carbocycles. The van der Waals surface area contributed by atoms with E-state index in [4.69, 9.17) is 11.6 Å². The van der Waals surface area contributed by atoms with Gasteiger partial charge in [0, 0.05) is 18.3 Å². The van der Waals surface area contributed by atoms with Crippen LogP contribution in [0.1, 0.15) is 26.2 Å². The van der Waals surface area contributed by atoms with E-state index in [1.165, 1.54) is 4.90 Å². The van der Waals surface area contributed by atoms with Gasteiger partial charge < -0.3 is 20.6 Å². The second kappa shape index (κ2) is 8.40. The molecule has 0 aliphatic carbocycles. The van der Waals surface area contributed by atoms with Crippen LogP contribution in [0.25, 0.3) is 0 Å². The fraction of sp³-hybridized carbons (Fsp3) is 0.571. The Bertz CT molecular complexity index is 868. The molecular formula is C21H26ClN3O4S. The average molecular weight is 452 g/mol. The Kier molecular flexibility index (Phi) is 6.01. The second-order valence-corrected chi connectivity index (χ2v) is 10.1. The molecule has 0 radical (unpaired) electrons. The lowest BCUT2D eigenvalue weighted by molar-refractivity contribution is -0.139. The molecule has 3 saturated heterocycles. The third-order valence-electron chi connectivity index (χ3n) is 6.37. The molecular weight excluding hydrogens is 426 g/mol. The van der Waals surface area contributed by atoms with Gasteiger partial charge in [0.05, 0.1) is 33.9 Å². The van der Waals surface area contributed by atoms with E-state index in [0.717, 1.165) is 12.8 Å². The minimum absolute atomic E-state index is 0.0303. The molecule has 9 heteroatoms. The molecule has 1 spiro atoms. The maximum Gasteiger partial charge on any atom is 0.248 e. The fourth-order valence-corrected chi connectivity index (χ4v) is 7.63. The predicted octanol–water partition coefficient (Wildman–Crippen LogP) is 1.89. The first-order valence-electron chi connectivity index (χ1n) is 10.4. The zero-order chi connectivity index (χ0) is 21.5. The molecule has 2 bridgehead atoms. The number of likely N-dealkylation sites (tertiary alicyclic amines) is 1. The minimum atomic E-state index is -0.752. The first-order chi connectivity index (χ1) is 14.4. The number of aliphatic hydroxyl groups excluding tert-OH is 1. The van der Waals surface area contributed by atoms with Crippen LogP contribution in [0.2, 0.25) is 5.02 Å². The van der Waals surface area contributed by atoms with Crippen molar-refractivity contribution in [3.05, 3.63) is 29.3 Å². The maximum atomic E-state index is 13.4. The van der Waals surface area contributed by atoms with Crippen molar-refractivity contribution in [2.24, 2.45) is 11.8 Å². The number of rotatable bonds is 7. The van der Waals surface area contributed by atoms with Crippen LogP contribution in [0.5, 0.6) is 0 Å². The van der Waals surface area contributed by atoms with Gasteiger partial charge in [-0.25, -0.2) is 0 Å². The SMILES string of the molecule is CCCNC(=O)[C@@H]1[C@H]2C(=O)N(CCO)C(C(=O)Nc3ccccc3Cl)C23CC[C@H]1S3. The summed E-state index contributed by atoms with van der Waals surface area (Å²) in [5.41, 5.74) is 0.482. The molecule has 1 aromatic carbocycles. The van der Waals surface area contributed by atoms with Crippen molar-refractivity contribution in [3.63, 3.8) is 0 Å². The molecule has 3 aliphatic heterocycles. The molecule has 3 fully saturated rings. The largest absolute Gasteiger partial charge is 0.395 e. The Morgan fingerprint density at radius 3 is 2.80 bits per heavy atom. The van der Waals surface area contributed by atoms with Crippen molar-refractivity contribution in [2.75, 3.05) is 25.0 Å². The van der Waals surface area contributed by atoms with Gasteiger partial charge in [-0.15, -0.1) is 11.8 Å². The zero-order valence-corrected chi connectivity index (χ0v) is 18.3. The second-order valence-electron chi connectivity index (χ2n) is 8.07. The molecule has 4 rings (SSSR count). The van der Waals surface area contributed by atoms with E-state index in [0.29, 0.717) is 23.7 Å². The Labute approximate surface area is 184 Å². The van der Waals surface area contributed by atoms with E-state index in [9.17, 15) is 19.5 Å². The number of amides is 3. The highest BCUT2D eigenvalue weighted by molar-refractivity contribution is 8.02. The minimum Gasteiger partial charge on any atom is -0.395 e. The number of nitrogens with one attached hydrogen (secondary N) is 2. The van der Waals surface area contributed by atoms with Crippen LogP contribution in [0.4, 0.5) is 5.69 Å². The number of carbonyl (C=O) groups excluding carboxylic acids is 3.